The molecule has 2 N–H and O–H groups in total. The Morgan fingerprint density at radius 1 is 1.04 bits per heavy atom. The molecule has 0 fully saturated rings. The van der Waals surface area contributed by atoms with Crippen molar-refractivity contribution in [3.63, 3.8) is 0 Å². The number of carbonyl (C=O) groups excluding carboxylic acids is 1. The number of benzene rings is 2. The number of rotatable bonds is 7. The quantitative estimate of drug-likeness (QED) is 0.649. The number of aryl methyl sites for hydroxylation is 1. The molecule has 0 unspecified atom stereocenters. The summed E-state index contributed by atoms with van der Waals surface area (Å²) < 4.78 is 0. The van der Waals surface area contributed by atoms with Crippen LogP contribution in [-0.4, -0.2) is 22.4 Å². The molecule has 0 aliphatic heterocycles. The fraction of sp³-hybridized carbons (Fsp3) is 0.190. The maximum atomic E-state index is 12.2. The summed E-state index contributed by atoms with van der Waals surface area (Å²) in [5, 5.41) is 6.72. The number of nitrogens with zero attached hydrogens (tertiary/aromatic N) is 2. The predicted octanol–water partition coefficient (Wildman–Crippen LogP) is 4.02. The molecule has 1 amide bonds. The number of carbonyl (C=O) groups is 1. The van der Waals surface area contributed by atoms with E-state index < -0.39 is 0 Å². The SMILES string of the molecule is Cc1cccc(CNc2ncc(C(=O)NCCc3cccc(Cl)c3)cn2)c1. The van der Waals surface area contributed by atoms with Crippen molar-refractivity contribution in [2.75, 3.05) is 11.9 Å². The fourth-order valence-corrected chi connectivity index (χ4v) is 2.87. The lowest BCUT2D eigenvalue weighted by atomic mass is 10.1. The van der Waals surface area contributed by atoms with Crippen molar-refractivity contribution in [3.05, 3.63) is 88.2 Å². The third-order valence-corrected chi connectivity index (χ3v) is 4.27. The van der Waals surface area contributed by atoms with Gasteiger partial charge in [0.25, 0.3) is 5.91 Å². The molecule has 1 heterocycles. The van der Waals surface area contributed by atoms with Gasteiger partial charge in [-0.25, -0.2) is 9.97 Å². The van der Waals surface area contributed by atoms with E-state index in [9.17, 15) is 4.79 Å². The van der Waals surface area contributed by atoms with Crippen LogP contribution in [0.4, 0.5) is 5.95 Å². The third kappa shape index (κ3) is 5.79. The standard InChI is InChI=1S/C21H21ClN4O/c1-15-4-2-6-17(10-15)12-24-21-25-13-18(14-26-21)20(27)23-9-8-16-5-3-7-19(22)11-16/h2-7,10-11,13-14H,8-9,12H2,1H3,(H,23,27)(H,24,25,26). The highest BCUT2D eigenvalue weighted by Crippen LogP contribution is 2.11. The Bertz CT molecular complexity index is 912. The minimum Gasteiger partial charge on any atom is -0.352 e. The predicted molar refractivity (Wildman–Crippen MR) is 108 cm³/mol. The Labute approximate surface area is 163 Å². The molecule has 1 aromatic heterocycles. The summed E-state index contributed by atoms with van der Waals surface area (Å²) >= 11 is 5.96. The minimum absolute atomic E-state index is 0.192. The Morgan fingerprint density at radius 2 is 1.78 bits per heavy atom. The van der Waals surface area contributed by atoms with Gasteiger partial charge in [-0.05, 0) is 36.6 Å². The smallest absolute Gasteiger partial charge is 0.254 e. The lowest BCUT2D eigenvalue weighted by Gasteiger charge is -2.07. The Hall–Kier alpha value is -2.92. The van der Waals surface area contributed by atoms with Crippen LogP contribution in [0.5, 0.6) is 0 Å². The second kappa shape index (κ2) is 9.14. The summed E-state index contributed by atoms with van der Waals surface area (Å²) in [4.78, 5) is 20.6. The summed E-state index contributed by atoms with van der Waals surface area (Å²) in [6.45, 7) is 3.21. The van der Waals surface area contributed by atoms with E-state index in [1.807, 2.05) is 36.4 Å². The van der Waals surface area contributed by atoms with Gasteiger partial charge in [-0.2, -0.15) is 0 Å². The van der Waals surface area contributed by atoms with Crippen LogP contribution < -0.4 is 10.6 Å². The Kier molecular flexibility index (Phi) is 6.39. The second-order valence-corrected chi connectivity index (χ2v) is 6.71. The average Bonchev–Trinajstić information content (AvgIpc) is 2.67. The zero-order valence-corrected chi connectivity index (χ0v) is 15.8. The van der Waals surface area contributed by atoms with Crippen LogP contribution in [0.3, 0.4) is 0 Å². The van der Waals surface area contributed by atoms with Crippen molar-refractivity contribution in [1.29, 1.82) is 0 Å². The van der Waals surface area contributed by atoms with Crippen molar-refractivity contribution in [2.45, 2.75) is 19.9 Å². The van der Waals surface area contributed by atoms with Crippen LogP contribution in [0.1, 0.15) is 27.0 Å². The first-order valence-corrected chi connectivity index (χ1v) is 9.12. The molecule has 5 nitrogen and oxygen atoms in total. The van der Waals surface area contributed by atoms with Crippen LogP contribution in [0, 0.1) is 6.92 Å². The van der Waals surface area contributed by atoms with Gasteiger partial charge in [-0.1, -0.05) is 53.6 Å². The lowest BCUT2D eigenvalue weighted by molar-refractivity contribution is 0.0953. The number of anilines is 1. The topological polar surface area (TPSA) is 66.9 Å². The van der Waals surface area contributed by atoms with E-state index >= 15 is 0 Å². The van der Waals surface area contributed by atoms with Crippen LogP contribution >= 0.6 is 11.6 Å². The van der Waals surface area contributed by atoms with E-state index in [-0.39, 0.29) is 5.91 Å². The fourth-order valence-electron chi connectivity index (χ4n) is 2.65. The summed E-state index contributed by atoms with van der Waals surface area (Å²) in [6, 6.07) is 15.8. The molecule has 0 aliphatic carbocycles. The number of hydrogen-bond acceptors (Lipinski definition) is 4. The third-order valence-electron chi connectivity index (χ3n) is 4.04. The van der Waals surface area contributed by atoms with Gasteiger partial charge >= 0.3 is 0 Å². The highest BCUT2D eigenvalue weighted by atomic mass is 35.5. The van der Waals surface area contributed by atoms with Gasteiger partial charge in [-0.15, -0.1) is 0 Å². The molecule has 3 rings (SSSR count). The molecule has 6 heteroatoms. The number of hydrogen-bond donors (Lipinski definition) is 2. The van der Waals surface area contributed by atoms with Gasteiger partial charge in [0.05, 0.1) is 5.56 Å². The zero-order valence-electron chi connectivity index (χ0n) is 15.1. The number of amides is 1. The molecule has 0 spiro atoms. The van der Waals surface area contributed by atoms with E-state index in [2.05, 4.69) is 39.7 Å². The maximum Gasteiger partial charge on any atom is 0.254 e. The molecule has 0 radical (unpaired) electrons. The normalized spacial score (nSPS) is 10.4. The van der Waals surface area contributed by atoms with E-state index in [4.69, 9.17) is 11.6 Å². The molecule has 0 atom stereocenters. The molecule has 0 aliphatic rings. The molecule has 0 bridgehead atoms. The van der Waals surface area contributed by atoms with Crippen molar-refractivity contribution in [1.82, 2.24) is 15.3 Å². The summed E-state index contributed by atoms with van der Waals surface area (Å²) in [5.74, 6) is 0.300. The van der Waals surface area contributed by atoms with E-state index in [1.165, 1.54) is 18.0 Å². The van der Waals surface area contributed by atoms with Gasteiger partial charge < -0.3 is 10.6 Å². The summed E-state index contributed by atoms with van der Waals surface area (Å²) in [5.41, 5.74) is 3.87. The molecular formula is C21H21ClN4O. The summed E-state index contributed by atoms with van der Waals surface area (Å²) in [7, 11) is 0. The van der Waals surface area contributed by atoms with Gasteiger partial charge in [0, 0.05) is 30.5 Å². The van der Waals surface area contributed by atoms with Crippen LogP contribution in [0.15, 0.2) is 60.9 Å². The van der Waals surface area contributed by atoms with E-state index in [0.717, 1.165) is 11.1 Å². The first-order chi connectivity index (χ1) is 13.1. The van der Waals surface area contributed by atoms with Gasteiger partial charge in [0.2, 0.25) is 5.95 Å². The monoisotopic (exact) mass is 380 g/mol. The Balaban J connectivity index is 1.48. The van der Waals surface area contributed by atoms with Crippen LogP contribution in [0.2, 0.25) is 5.02 Å². The van der Waals surface area contributed by atoms with Gasteiger partial charge in [0.1, 0.15) is 0 Å². The molecule has 2 aromatic carbocycles. The minimum atomic E-state index is -0.192. The largest absolute Gasteiger partial charge is 0.352 e. The van der Waals surface area contributed by atoms with E-state index in [0.29, 0.717) is 36.0 Å². The number of nitrogens with one attached hydrogen (secondary N) is 2. The van der Waals surface area contributed by atoms with Gasteiger partial charge in [0.15, 0.2) is 0 Å². The van der Waals surface area contributed by atoms with Crippen LogP contribution in [0.25, 0.3) is 0 Å². The highest BCUT2D eigenvalue weighted by molar-refractivity contribution is 6.30. The molecule has 0 saturated heterocycles. The van der Waals surface area contributed by atoms with E-state index in [1.54, 1.807) is 0 Å². The van der Waals surface area contributed by atoms with Crippen molar-refractivity contribution < 1.29 is 4.79 Å². The van der Waals surface area contributed by atoms with Crippen molar-refractivity contribution in [2.24, 2.45) is 0 Å². The average molecular weight is 381 g/mol. The first-order valence-electron chi connectivity index (χ1n) is 8.74. The van der Waals surface area contributed by atoms with Crippen molar-refractivity contribution >= 4 is 23.5 Å². The Morgan fingerprint density at radius 3 is 2.52 bits per heavy atom. The van der Waals surface area contributed by atoms with Crippen molar-refractivity contribution in [3.8, 4) is 0 Å². The molecule has 138 valence electrons. The molecular weight excluding hydrogens is 360 g/mol. The second-order valence-electron chi connectivity index (χ2n) is 6.27. The highest BCUT2D eigenvalue weighted by Gasteiger charge is 2.07. The summed E-state index contributed by atoms with van der Waals surface area (Å²) in [6.07, 6.45) is 3.77. The zero-order chi connectivity index (χ0) is 19.1. The lowest BCUT2D eigenvalue weighted by Crippen LogP contribution is -2.26. The van der Waals surface area contributed by atoms with Crippen LogP contribution in [-0.2, 0) is 13.0 Å². The molecule has 0 saturated carbocycles. The first kappa shape index (κ1) is 18.9. The maximum absolute atomic E-state index is 12.2. The number of aromatic nitrogens is 2. The molecule has 27 heavy (non-hydrogen) atoms. The number of halogens is 1. The molecule has 3 aromatic rings. The van der Waals surface area contributed by atoms with Gasteiger partial charge in [-0.3, -0.25) is 4.79 Å².